The average molecular weight is 277 g/mol. The van der Waals surface area contributed by atoms with Gasteiger partial charge in [-0.3, -0.25) is 0 Å². The molecule has 0 fully saturated rings. The smallest absolute Gasteiger partial charge is 0.0589 e. The van der Waals surface area contributed by atoms with Gasteiger partial charge in [0.15, 0.2) is 0 Å². The molecule has 0 bridgehead atoms. The zero-order chi connectivity index (χ0) is 13.0. The fourth-order valence-electron chi connectivity index (χ4n) is 1.86. The summed E-state index contributed by atoms with van der Waals surface area (Å²) in [6.45, 7) is 4.28. The van der Waals surface area contributed by atoms with Crippen LogP contribution in [0.3, 0.4) is 0 Å². The summed E-state index contributed by atoms with van der Waals surface area (Å²) in [6.07, 6.45) is 1.00. The first kappa shape index (κ1) is 13.7. The number of thioether (sulfide) groups is 1. The summed E-state index contributed by atoms with van der Waals surface area (Å²) in [5.74, 6) is 0. The lowest BCUT2D eigenvalue weighted by Crippen LogP contribution is -2.25. The highest BCUT2D eigenvalue weighted by Gasteiger charge is 2.20. The molecule has 2 unspecified atom stereocenters. The van der Waals surface area contributed by atoms with Crippen LogP contribution >= 0.6 is 23.1 Å². The molecule has 2 N–H and O–H groups in total. The normalized spacial score (nSPS) is 14.4. The van der Waals surface area contributed by atoms with E-state index in [1.54, 1.807) is 11.3 Å². The van der Waals surface area contributed by atoms with E-state index >= 15 is 0 Å². The Morgan fingerprint density at radius 2 is 2.11 bits per heavy atom. The van der Waals surface area contributed by atoms with Crippen molar-refractivity contribution in [2.24, 2.45) is 5.73 Å². The highest BCUT2D eigenvalue weighted by Crippen LogP contribution is 2.40. The quantitative estimate of drug-likeness (QED) is 0.807. The molecule has 3 heteroatoms. The molecular weight excluding hydrogens is 258 g/mol. The maximum Gasteiger partial charge on any atom is 0.0589 e. The molecule has 0 aliphatic heterocycles. The molecule has 0 aliphatic carbocycles. The lowest BCUT2D eigenvalue weighted by Gasteiger charge is -2.21. The van der Waals surface area contributed by atoms with Crippen LogP contribution in [0, 0.1) is 6.92 Å². The number of hydrogen-bond donors (Lipinski definition) is 1. The van der Waals surface area contributed by atoms with E-state index in [1.807, 2.05) is 11.8 Å². The summed E-state index contributed by atoms with van der Waals surface area (Å²) in [5, 5.41) is 2.48. The number of thiophene rings is 1. The average Bonchev–Trinajstić information content (AvgIpc) is 2.89. The van der Waals surface area contributed by atoms with Gasteiger partial charge in [-0.05, 0) is 36.9 Å². The fourth-order valence-corrected chi connectivity index (χ4v) is 4.22. The van der Waals surface area contributed by atoms with E-state index in [0.717, 1.165) is 6.42 Å². The lowest BCUT2D eigenvalue weighted by atomic mass is 10.1. The molecule has 1 nitrogen and oxygen atoms in total. The Morgan fingerprint density at radius 3 is 2.72 bits per heavy atom. The molecule has 2 rings (SSSR count). The molecule has 0 spiro atoms. The fraction of sp³-hybridized carbons (Fsp3) is 0.333. The van der Waals surface area contributed by atoms with Crippen molar-refractivity contribution in [3.05, 3.63) is 52.2 Å². The van der Waals surface area contributed by atoms with Crippen molar-refractivity contribution in [3.8, 4) is 0 Å². The van der Waals surface area contributed by atoms with E-state index in [-0.39, 0.29) is 6.04 Å². The maximum atomic E-state index is 6.28. The van der Waals surface area contributed by atoms with Crippen LogP contribution in [0.1, 0.15) is 29.0 Å². The molecule has 1 heterocycles. The maximum absolute atomic E-state index is 6.28. The van der Waals surface area contributed by atoms with E-state index in [9.17, 15) is 0 Å². The molecule has 0 saturated heterocycles. The van der Waals surface area contributed by atoms with Gasteiger partial charge < -0.3 is 5.73 Å². The van der Waals surface area contributed by atoms with Crippen molar-refractivity contribution >= 4 is 23.1 Å². The van der Waals surface area contributed by atoms with Crippen molar-refractivity contribution in [2.75, 3.05) is 0 Å². The van der Waals surface area contributed by atoms with E-state index in [0.29, 0.717) is 5.25 Å². The van der Waals surface area contributed by atoms with Crippen molar-refractivity contribution < 1.29 is 0 Å². The van der Waals surface area contributed by atoms with E-state index in [4.69, 9.17) is 5.73 Å². The zero-order valence-electron chi connectivity index (χ0n) is 10.8. The summed E-state index contributed by atoms with van der Waals surface area (Å²) in [6, 6.07) is 13.1. The molecule has 2 aromatic rings. The molecule has 1 aromatic carbocycles. The highest BCUT2D eigenvalue weighted by molar-refractivity contribution is 7.99. The van der Waals surface area contributed by atoms with Gasteiger partial charge in [-0.15, -0.1) is 23.1 Å². The molecule has 2 atom stereocenters. The van der Waals surface area contributed by atoms with Crippen LogP contribution in [0.4, 0.5) is 0 Å². The molecular formula is C15H19NS2. The second-order valence-electron chi connectivity index (χ2n) is 4.44. The van der Waals surface area contributed by atoms with Crippen LogP contribution in [-0.2, 0) is 0 Å². The Balaban J connectivity index is 2.20. The molecule has 18 heavy (non-hydrogen) atoms. The van der Waals surface area contributed by atoms with Gasteiger partial charge in [0.2, 0.25) is 0 Å². The van der Waals surface area contributed by atoms with Crippen molar-refractivity contribution in [1.82, 2.24) is 0 Å². The summed E-state index contributed by atoms with van der Waals surface area (Å²) < 4.78 is 0. The van der Waals surface area contributed by atoms with Crippen molar-refractivity contribution in [2.45, 2.75) is 36.5 Å². The number of nitrogens with two attached hydrogens (primary N) is 1. The summed E-state index contributed by atoms with van der Waals surface area (Å²) in [5.41, 5.74) is 7.58. The van der Waals surface area contributed by atoms with Gasteiger partial charge >= 0.3 is 0 Å². The van der Waals surface area contributed by atoms with E-state index in [1.165, 1.54) is 15.3 Å². The zero-order valence-corrected chi connectivity index (χ0v) is 12.4. The molecule has 0 saturated carbocycles. The molecule has 0 amide bonds. The summed E-state index contributed by atoms with van der Waals surface area (Å²) in [4.78, 5) is 2.67. The minimum Gasteiger partial charge on any atom is -0.326 e. The Hall–Kier alpha value is -0.770. The number of rotatable bonds is 5. The largest absolute Gasteiger partial charge is 0.326 e. The van der Waals surface area contributed by atoms with Crippen LogP contribution in [0.2, 0.25) is 0 Å². The van der Waals surface area contributed by atoms with Crippen LogP contribution < -0.4 is 5.73 Å². The van der Waals surface area contributed by atoms with E-state index in [2.05, 4.69) is 55.6 Å². The van der Waals surface area contributed by atoms with Gasteiger partial charge in [0.1, 0.15) is 0 Å². The van der Waals surface area contributed by atoms with Gasteiger partial charge in [-0.25, -0.2) is 0 Å². The predicted octanol–water partition coefficient (Wildman–Crippen LogP) is 4.63. The van der Waals surface area contributed by atoms with Crippen LogP contribution in [-0.4, -0.2) is 6.04 Å². The SMILES string of the molecule is CCC(N)C(Sc1cccc(C)c1)c1cccs1. The standard InChI is InChI=1S/C15H19NS2/c1-3-13(16)15(14-8-5-9-17-14)18-12-7-4-6-11(2)10-12/h4-10,13,15H,3,16H2,1-2H3. The second-order valence-corrected chi connectivity index (χ2v) is 6.64. The van der Waals surface area contributed by atoms with Crippen molar-refractivity contribution in [1.29, 1.82) is 0 Å². The molecule has 0 aliphatic rings. The third kappa shape index (κ3) is 3.37. The lowest BCUT2D eigenvalue weighted by molar-refractivity contribution is 0.640. The molecule has 96 valence electrons. The number of benzene rings is 1. The van der Waals surface area contributed by atoms with Crippen LogP contribution in [0.15, 0.2) is 46.7 Å². The van der Waals surface area contributed by atoms with Crippen LogP contribution in [0.25, 0.3) is 0 Å². The highest BCUT2D eigenvalue weighted by atomic mass is 32.2. The summed E-state index contributed by atoms with van der Waals surface area (Å²) in [7, 11) is 0. The Morgan fingerprint density at radius 1 is 1.28 bits per heavy atom. The first-order chi connectivity index (χ1) is 8.70. The predicted molar refractivity (Wildman–Crippen MR) is 82.4 cm³/mol. The Kier molecular flexibility index (Phi) is 4.87. The second kappa shape index (κ2) is 6.41. The van der Waals surface area contributed by atoms with E-state index < -0.39 is 0 Å². The molecule has 1 aromatic heterocycles. The topological polar surface area (TPSA) is 26.0 Å². The molecule has 0 radical (unpaired) electrons. The number of hydrogen-bond acceptors (Lipinski definition) is 3. The van der Waals surface area contributed by atoms with Gasteiger partial charge in [-0.2, -0.15) is 0 Å². The van der Waals surface area contributed by atoms with Gasteiger partial charge in [0, 0.05) is 15.8 Å². The van der Waals surface area contributed by atoms with Gasteiger partial charge in [0.05, 0.1) is 5.25 Å². The van der Waals surface area contributed by atoms with Gasteiger partial charge in [-0.1, -0.05) is 30.7 Å². The Labute approximate surface area is 117 Å². The first-order valence-corrected chi connectivity index (χ1v) is 7.99. The van der Waals surface area contributed by atoms with Gasteiger partial charge in [0.25, 0.3) is 0 Å². The third-order valence-electron chi connectivity index (χ3n) is 2.94. The monoisotopic (exact) mass is 277 g/mol. The first-order valence-electron chi connectivity index (χ1n) is 6.23. The third-order valence-corrected chi connectivity index (χ3v) is 5.42. The minimum absolute atomic E-state index is 0.203. The summed E-state index contributed by atoms with van der Waals surface area (Å²) >= 11 is 3.68. The Bertz CT molecular complexity index is 479. The number of aryl methyl sites for hydroxylation is 1. The van der Waals surface area contributed by atoms with Crippen LogP contribution in [0.5, 0.6) is 0 Å². The van der Waals surface area contributed by atoms with Crippen molar-refractivity contribution in [3.63, 3.8) is 0 Å². The minimum atomic E-state index is 0.203.